The van der Waals surface area contributed by atoms with Gasteiger partial charge in [0.1, 0.15) is 5.82 Å². The summed E-state index contributed by atoms with van der Waals surface area (Å²) in [6, 6.07) is 16.5. The molecule has 2 heterocycles. The number of hydrogen-bond acceptors (Lipinski definition) is 4. The second-order valence-electron chi connectivity index (χ2n) is 6.18. The van der Waals surface area contributed by atoms with E-state index in [1.165, 1.54) is 16.7 Å². The van der Waals surface area contributed by atoms with Crippen LogP contribution in [0.5, 0.6) is 0 Å². The predicted octanol–water partition coefficient (Wildman–Crippen LogP) is 4.34. The first-order chi connectivity index (χ1) is 12.7. The van der Waals surface area contributed by atoms with Gasteiger partial charge in [-0.15, -0.1) is 0 Å². The van der Waals surface area contributed by atoms with Crippen LogP contribution >= 0.6 is 15.9 Å². The second-order valence-corrected chi connectivity index (χ2v) is 7.03. The molecular formula is C21H23BrN4. The highest BCUT2D eigenvalue weighted by Gasteiger charge is 2.08. The van der Waals surface area contributed by atoms with Crippen molar-refractivity contribution in [2.75, 3.05) is 18.0 Å². The highest BCUT2D eigenvalue weighted by atomic mass is 79.9. The maximum Gasteiger partial charge on any atom is 0.128 e. The van der Waals surface area contributed by atoms with E-state index in [4.69, 9.17) is 0 Å². The third-order valence-corrected chi connectivity index (χ3v) is 5.12. The lowest BCUT2D eigenvalue weighted by Gasteiger charge is -2.24. The standard InChI is InChI=1S/C21H23BrN4/c1-17-19(14-24-15-20(17)22)13-23-11-12-26(21-9-5-6-10-25-21)16-18-7-3-2-4-8-18/h2-10,14-15,23H,11-13,16H2,1H3. The van der Waals surface area contributed by atoms with Crippen LogP contribution in [0, 0.1) is 6.92 Å². The molecule has 3 rings (SSSR count). The first-order valence-corrected chi connectivity index (χ1v) is 9.53. The zero-order valence-electron chi connectivity index (χ0n) is 14.9. The number of anilines is 1. The molecular weight excluding hydrogens is 388 g/mol. The van der Waals surface area contributed by atoms with Crippen molar-refractivity contribution in [1.29, 1.82) is 0 Å². The number of hydrogen-bond donors (Lipinski definition) is 1. The molecule has 134 valence electrons. The van der Waals surface area contributed by atoms with Crippen molar-refractivity contribution in [2.24, 2.45) is 0 Å². The van der Waals surface area contributed by atoms with Gasteiger partial charge in [0.25, 0.3) is 0 Å². The molecule has 0 amide bonds. The normalized spacial score (nSPS) is 10.7. The van der Waals surface area contributed by atoms with Crippen molar-refractivity contribution in [3.8, 4) is 0 Å². The molecule has 26 heavy (non-hydrogen) atoms. The molecule has 0 aliphatic rings. The molecule has 0 aliphatic carbocycles. The third-order valence-electron chi connectivity index (χ3n) is 4.32. The van der Waals surface area contributed by atoms with Gasteiger partial charge in [0.2, 0.25) is 0 Å². The Bertz CT molecular complexity index is 809. The minimum atomic E-state index is 0.805. The molecule has 0 aliphatic heterocycles. The molecule has 0 spiro atoms. The van der Waals surface area contributed by atoms with Crippen molar-refractivity contribution in [3.63, 3.8) is 0 Å². The molecule has 2 aromatic heterocycles. The molecule has 0 unspecified atom stereocenters. The van der Waals surface area contributed by atoms with Crippen molar-refractivity contribution in [1.82, 2.24) is 15.3 Å². The summed E-state index contributed by atoms with van der Waals surface area (Å²) in [5.41, 5.74) is 3.73. The van der Waals surface area contributed by atoms with Crippen LogP contribution in [0.3, 0.4) is 0 Å². The fraction of sp³-hybridized carbons (Fsp3) is 0.238. The summed E-state index contributed by atoms with van der Waals surface area (Å²) >= 11 is 3.54. The van der Waals surface area contributed by atoms with Crippen molar-refractivity contribution < 1.29 is 0 Å². The van der Waals surface area contributed by atoms with Crippen molar-refractivity contribution >= 4 is 21.7 Å². The van der Waals surface area contributed by atoms with Gasteiger partial charge >= 0.3 is 0 Å². The number of rotatable bonds is 8. The highest BCUT2D eigenvalue weighted by Crippen LogP contribution is 2.17. The fourth-order valence-electron chi connectivity index (χ4n) is 2.77. The van der Waals surface area contributed by atoms with Crippen LogP contribution in [0.15, 0.2) is 71.6 Å². The van der Waals surface area contributed by atoms with Crippen LogP contribution in [0.4, 0.5) is 5.82 Å². The van der Waals surface area contributed by atoms with Gasteiger partial charge in [-0.1, -0.05) is 36.4 Å². The van der Waals surface area contributed by atoms with Crippen molar-refractivity contribution in [2.45, 2.75) is 20.0 Å². The van der Waals surface area contributed by atoms with Crippen LogP contribution in [-0.4, -0.2) is 23.1 Å². The lowest BCUT2D eigenvalue weighted by Crippen LogP contribution is -2.32. The molecule has 0 saturated carbocycles. The first kappa shape index (κ1) is 18.5. The number of halogens is 1. The van der Waals surface area contributed by atoms with Gasteiger partial charge in [-0.3, -0.25) is 4.98 Å². The molecule has 0 saturated heterocycles. The average molecular weight is 411 g/mol. The molecule has 0 radical (unpaired) electrons. The zero-order valence-corrected chi connectivity index (χ0v) is 16.5. The van der Waals surface area contributed by atoms with E-state index >= 15 is 0 Å². The van der Waals surface area contributed by atoms with Crippen LogP contribution < -0.4 is 10.2 Å². The van der Waals surface area contributed by atoms with Gasteiger partial charge < -0.3 is 10.2 Å². The number of aromatic nitrogens is 2. The van der Waals surface area contributed by atoms with E-state index in [9.17, 15) is 0 Å². The highest BCUT2D eigenvalue weighted by molar-refractivity contribution is 9.10. The smallest absolute Gasteiger partial charge is 0.128 e. The number of nitrogens with one attached hydrogen (secondary N) is 1. The Hall–Kier alpha value is -2.24. The van der Waals surface area contributed by atoms with E-state index in [-0.39, 0.29) is 0 Å². The lowest BCUT2D eigenvalue weighted by atomic mass is 10.1. The molecule has 4 nitrogen and oxygen atoms in total. The van der Waals surface area contributed by atoms with Crippen LogP contribution in [0.1, 0.15) is 16.7 Å². The van der Waals surface area contributed by atoms with E-state index < -0.39 is 0 Å². The molecule has 0 bridgehead atoms. The van der Waals surface area contributed by atoms with E-state index in [2.05, 4.69) is 73.4 Å². The van der Waals surface area contributed by atoms with Gasteiger partial charge in [-0.25, -0.2) is 4.98 Å². The van der Waals surface area contributed by atoms with Gasteiger partial charge in [0, 0.05) is 49.2 Å². The molecule has 0 fully saturated rings. The Morgan fingerprint density at radius 2 is 1.85 bits per heavy atom. The quantitative estimate of drug-likeness (QED) is 0.560. The SMILES string of the molecule is Cc1c(Br)cncc1CNCCN(Cc1ccccc1)c1ccccn1. The largest absolute Gasteiger partial charge is 0.351 e. The predicted molar refractivity (Wildman–Crippen MR) is 110 cm³/mol. The van der Waals surface area contributed by atoms with Gasteiger partial charge in [-0.2, -0.15) is 0 Å². The summed E-state index contributed by atoms with van der Waals surface area (Å²) < 4.78 is 1.05. The average Bonchev–Trinajstić information content (AvgIpc) is 2.69. The summed E-state index contributed by atoms with van der Waals surface area (Å²) in [5, 5.41) is 3.53. The molecule has 0 atom stereocenters. The minimum Gasteiger partial charge on any atom is -0.351 e. The van der Waals surface area contributed by atoms with Crippen molar-refractivity contribution in [3.05, 3.63) is 88.3 Å². The Morgan fingerprint density at radius 1 is 1.04 bits per heavy atom. The lowest BCUT2D eigenvalue weighted by molar-refractivity contribution is 0.651. The Kier molecular flexibility index (Phi) is 6.75. The summed E-state index contributed by atoms with van der Waals surface area (Å²) in [6.45, 7) is 5.51. The Labute approximate surface area is 163 Å². The van der Waals surface area contributed by atoms with Gasteiger partial charge in [-0.05, 0) is 51.7 Å². The minimum absolute atomic E-state index is 0.805. The maximum absolute atomic E-state index is 4.52. The summed E-state index contributed by atoms with van der Waals surface area (Å²) in [6.07, 6.45) is 5.60. The van der Waals surface area contributed by atoms with E-state index in [0.29, 0.717) is 0 Å². The molecule has 1 aromatic carbocycles. The zero-order chi connectivity index (χ0) is 18.2. The monoisotopic (exact) mass is 410 g/mol. The van der Waals surface area contributed by atoms with E-state index in [1.807, 2.05) is 36.8 Å². The summed E-state index contributed by atoms with van der Waals surface area (Å²) in [7, 11) is 0. The third kappa shape index (κ3) is 5.13. The maximum atomic E-state index is 4.52. The number of pyridine rings is 2. The summed E-state index contributed by atoms with van der Waals surface area (Å²) in [4.78, 5) is 11.1. The topological polar surface area (TPSA) is 41.1 Å². The molecule has 3 aromatic rings. The van der Waals surface area contributed by atoms with Crippen LogP contribution in [0.2, 0.25) is 0 Å². The van der Waals surface area contributed by atoms with Gasteiger partial charge in [0.05, 0.1) is 0 Å². The number of benzene rings is 1. The van der Waals surface area contributed by atoms with Gasteiger partial charge in [0.15, 0.2) is 0 Å². The van der Waals surface area contributed by atoms with Crippen LogP contribution in [-0.2, 0) is 13.1 Å². The van der Waals surface area contributed by atoms with E-state index in [1.54, 1.807) is 0 Å². The Morgan fingerprint density at radius 3 is 2.62 bits per heavy atom. The fourth-order valence-corrected chi connectivity index (χ4v) is 3.15. The number of nitrogens with zero attached hydrogens (tertiary/aromatic N) is 3. The molecule has 1 N–H and O–H groups in total. The summed E-state index contributed by atoms with van der Waals surface area (Å²) in [5.74, 6) is 0.999. The van der Waals surface area contributed by atoms with Crippen LogP contribution in [0.25, 0.3) is 0 Å². The second kappa shape index (κ2) is 9.46. The first-order valence-electron chi connectivity index (χ1n) is 8.73. The Balaban J connectivity index is 1.60. The van der Waals surface area contributed by atoms with E-state index in [0.717, 1.165) is 36.5 Å². The molecule has 5 heteroatoms.